The lowest BCUT2D eigenvalue weighted by atomic mass is 10.0. The number of nitrogen functional groups attached to an aromatic ring is 1. The minimum absolute atomic E-state index is 0.543. The average Bonchev–Trinajstić information content (AvgIpc) is 3.07. The molecule has 0 unspecified atom stereocenters. The molecule has 3 aromatic rings. The Morgan fingerprint density at radius 2 is 2.16 bits per heavy atom. The molecule has 92 valence electrons. The summed E-state index contributed by atoms with van der Waals surface area (Å²) in [5, 5.41) is 13.2. The summed E-state index contributed by atoms with van der Waals surface area (Å²) in [6.07, 6.45) is 3.50. The minimum Gasteiger partial charge on any atom is -0.396 e. The summed E-state index contributed by atoms with van der Waals surface area (Å²) in [7, 11) is 0. The highest BCUT2D eigenvalue weighted by molar-refractivity contribution is 7.17. The van der Waals surface area contributed by atoms with Gasteiger partial charge in [0.1, 0.15) is 10.9 Å². The molecule has 0 amide bonds. The Hall–Kier alpha value is -2.16. The molecule has 0 bridgehead atoms. The summed E-state index contributed by atoms with van der Waals surface area (Å²) < 4.78 is 0. The molecule has 0 saturated heterocycles. The maximum absolute atomic E-state index is 9.17. The van der Waals surface area contributed by atoms with Gasteiger partial charge in [0.2, 0.25) is 0 Å². The second-order valence-corrected chi connectivity index (χ2v) is 5.72. The third-order valence-electron chi connectivity index (χ3n) is 2.78. The van der Waals surface area contributed by atoms with E-state index in [0.29, 0.717) is 10.6 Å². The molecule has 0 aliphatic rings. The Balaban J connectivity index is 2.29. The number of thiophene rings is 2. The second kappa shape index (κ2) is 4.84. The standard InChI is InChI=1S/C14H9N3S2/c15-6-11-13(16)12(9-2-1-4-17-7-9)14(19-11)10-3-5-18-8-10/h1-5,7-8H,16H2. The Morgan fingerprint density at radius 1 is 1.26 bits per heavy atom. The van der Waals surface area contributed by atoms with Crippen molar-refractivity contribution < 1.29 is 0 Å². The lowest BCUT2D eigenvalue weighted by Crippen LogP contribution is -1.89. The molecule has 0 saturated carbocycles. The van der Waals surface area contributed by atoms with Crippen molar-refractivity contribution in [2.45, 2.75) is 0 Å². The largest absolute Gasteiger partial charge is 0.396 e. The monoisotopic (exact) mass is 283 g/mol. The first kappa shape index (κ1) is 11.9. The summed E-state index contributed by atoms with van der Waals surface area (Å²) in [6, 6.07) is 8.03. The van der Waals surface area contributed by atoms with E-state index in [1.807, 2.05) is 23.6 Å². The fourth-order valence-electron chi connectivity index (χ4n) is 1.92. The van der Waals surface area contributed by atoms with Gasteiger partial charge in [-0.1, -0.05) is 6.07 Å². The van der Waals surface area contributed by atoms with Crippen LogP contribution >= 0.6 is 22.7 Å². The zero-order valence-corrected chi connectivity index (χ0v) is 11.5. The predicted octanol–water partition coefficient (Wildman–Crippen LogP) is 3.99. The van der Waals surface area contributed by atoms with Crippen LogP contribution in [0.3, 0.4) is 0 Å². The zero-order chi connectivity index (χ0) is 13.2. The summed E-state index contributed by atoms with van der Waals surface area (Å²) in [5.74, 6) is 0. The van der Waals surface area contributed by atoms with Gasteiger partial charge >= 0.3 is 0 Å². The summed E-state index contributed by atoms with van der Waals surface area (Å²) in [5.41, 5.74) is 9.61. The third-order valence-corrected chi connectivity index (χ3v) is 4.62. The van der Waals surface area contributed by atoms with E-state index in [2.05, 4.69) is 16.4 Å². The normalized spacial score (nSPS) is 10.3. The van der Waals surface area contributed by atoms with Gasteiger partial charge in [0.25, 0.3) is 0 Å². The number of nitrogens with two attached hydrogens (primary N) is 1. The fourth-order valence-corrected chi connectivity index (χ4v) is 3.68. The van der Waals surface area contributed by atoms with Gasteiger partial charge in [-0.2, -0.15) is 16.6 Å². The lowest BCUT2D eigenvalue weighted by Gasteiger charge is -2.03. The first-order valence-corrected chi connectivity index (χ1v) is 7.32. The predicted molar refractivity (Wildman–Crippen MR) is 80.0 cm³/mol. The summed E-state index contributed by atoms with van der Waals surface area (Å²) >= 11 is 3.06. The van der Waals surface area contributed by atoms with Crippen LogP contribution in [0.15, 0.2) is 41.4 Å². The zero-order valence-electron chi connectivity index (χ0n) is 9.83. The Morgan fingerprint density at radius 3 is 2.79 bits per heavy atom. The van der Waals surface area contributed by atoms with Gasteiger partial charge in [-0.3, -0.25) is 4.98 Å². The van der Waals surface area contributed by atoms with Gasteiger partial charge in [-0.15, -0.1) is 11.3 Å². The Kier molecular flexibility index (Phi) is 3.03. The van der Waals surface area contributed by atoms with E-state index in [-0.39, 0.29) is 0 Å². The quantitative estimate of drug-likeness (QED) is 0.773. The molecule has 3 nitrogen and oxygen atoms in total. The van der Waals surface area contributed by atoms with Crippen LogP contribution in [0.4, 0.5) is 5.69 Å². The van der Waals surface area contributed by atoms with E-state index in [0.717, 1.165) is 21.6 Å². The van der Waals surface area contributed by atoms with E-state index in [4.69, 9.17) is 11.0 Å². The summed E-state index contributed by atoms with van der Waals surface area (Å²) in [4.78, 5) is 5.71. The van der Waals surface area contributed by atoms with Crippen molar-refractivity contribution in [3.8, 4) is 27.6 Å². The number of hydrogen-bond acceptors (Lipinski definition) is 5. The van der Waals surface area contributed by atoms with Crippen molar-refractivity contribution in [1.29, 1.82) is 5.26 Å². The smallest absolute Gasteiger partial charge is 0.129 e. The molecule has 5 heteroatoms. The van der Waals surface area contributed by atoms with Crippen LogP contribution in [0.1, 0.15) is 4.88 Å². The van der Waals surface area contributed by atoms with Gasteiger partial charge in [0.05, 0.1) is 5.69 Å². The van der Waals surface area contributed by atoms with Gasteiger partial charge < -0.3 is 5.73 Å². The molecule has 0 spiro atoms. The minimum atomic E-state index is 0.543. The molecule has 0 fully saturated rings. The van der Waals surface area contributed by atoms with Crippen LogP contribution in [0.5, 0.6) is 0 Å². The van der Waals surface area contributed by atoms with Gasteiger partial charge in [0.15, 0.2) is 0 Å². The van der Waals surface area contributed by atoms with Crippen molar-refractivity contribution in [3.05, 3.63) is 46.2 Å². The average molecular weight is 283 g/mol. The highest BCUT2D eigenvalue weighted by Gasteiger charge is 2.18. The first-order valence-electron chi connectivity index (χ1n) is 5.56. The molecule has 0 aliphatic heterocycles. The molecule has 0 aromatic carbocycles. The molecular formula is C14H9N3S2. The number of pyridine rings is 1. The van der Waals surface area contributed by atoms with Crippen molar-refractivity contribution in [3.63, 3.8) is 0 Å². The third kappa shape index (κ3) is 2.01. The van der Waals surface area contributed by atoms with E-state index in [9.17, 15) is 0 Å². The van der Waals surface area contributed by atoms with Crippen molar-refractivity contribution in [2.75, 3.05) is 5.73 Å². The highest BCUT2D eigenvalue weighted by atomic mass is 32.1. The fraction of sp³-hybridized carbons (Fsp3) is 0. The van der Waals surface area contributed by atoms with Crippen LogP contribution < -0.4 is 5.73 Å². The number of nitriles is 1. The highest BCUT2D eigenvalue weighted by Crippen LogP contribution is 2.44. The van der Waals surface area contributed by atoms with Crippen molar-refractivity contribution in [2.24, 2.45) is 0 Å². The molecular weight excluding hydrogens is 274 g/mol. The van der Waals surface area contributed by atoms with Gasteiger partial charge in [-0.05, 0) is 22.9 Å². The molecule has 3 heterocycles. The van der Waals surface area contributed by atoms with Crippen LogP contribution in [0.2, 0.25) is 0 Å². The second-order valence-electron chi connectivity index (χ2n) is 3.91. The van der Waals surface area contributed by atoms with Crippen LogP contribution in [0.25, 0.3) is 21.6 Å². The van der Waals surface area contributed by atoms with Crippen molar-refractivity contribution in [1.82, 2.24) is 4.98 Å². The van der Waals surface area contributed by atoms with E-state index in [1.54, 1.807) is 23.7 Å². The maximum atomic E-state index is 9.17. The molecule has 3 aromatic heterocycles. The molecule has 19 heavy (non-hydrogen) atoms. The Bertz CT molecular complexity index is 737. The SMILES string of the molecule is N#Cc1sc(-c2ccsc2)c(-c2cccnc2)c1N. The number of anilines is 1. The lowest BCUT2D eigenvalue weighted by molar-refractivity contribution is 1.33. The van der Waals surface area contributed by atoms with E-state index in [1.165, 1.54) is 11.3 Å². The van der Waals surface area contributed by atoms with Crippen molar-refractivity contribution >= 4 is 28.4 Å². The topological polar surface area (TPSA) is 62.7 Å². The van der Waals surface area contributed by atoms with Gasteiger partial charge in [-0.25, -0.2) is 0 Å². The van der Waals surface area contributed by atoms with Gasteiger partial charge in [0, 0.05) is 34.0 Å². The van der Waals surface area contributed by atoms with Crippen LogP contribution in [0, 0.1) is 11.3 Å². The number of hydrogen-bond donors (Lipinski definition) is 1. The van der Waals surface area contributed by atoms with Crippen LogP contribution in [-0.2, 0) is 0 Å². The maximum Gasteiger partial charge on any atom is 0.129 e. The molecule has 0 aliphatic carbocycles. The van der Waals surface area contributed by atoms with Crippen LogP contribution in [-0.4, -0.2) is 4.98 Å². The molecule has 0 radical (unpaired) electrons. The first-order chi connectivity index (χ1) is 9.31. The summed E-state index contributed by atoms with van der Waals surface area (Å²) in [6.45, 7) is 0. The Labute approximate surface area is 118 Å². The van der Waals surface area contributed by atoms with E-state index >= 15 is 0 Å². The van der Waals surface area contributed by atoms with E-state index < -0.39 is 0 Å². The molecule has 0 atom stereocenters. The number of nitrogens with zero attached hydrogens (tertiary/aromatic N) is 2. The number of rotatable bonds is 2. The number of aromatic nitrogens is 1. The molecule has 2 N–H and O–H groups in total. The molecule has 3 rings (SSSR count).